The molecule has 1 unspecified atom stereocenters. The molecule has 0 saturated heterocycles. The Kier molecular flexibility index (Phi) is 8.33. The number of aryl methyl sites for hydroxylation is 1. The van der Waals surface area contributed by atoms with Crippen LogP contribution in [0.2, 0.25) is 5.02 Å². The predicted molar refractivity (Wildman–Crippen MR) is 115 cm³/mol. The van der Waals surface area contributed by atoms with Crippen molar-refractivity contribution in [3.63, 3.8) is 0 Å². The van der Waals surface area contributed by atoms with Crippen LogP contribution >= 0.6 is 22.9 Å². The van der Waals surface area contributed by atoms with Crippen molar-refractivity contribution in [2.75, 3.05) is 6.54 Å². The number of rotatable bonds is 6. The van der Waals surface area contributed by atoms with Crippen molar-refractivity contribution < 1.29 is 14.3 Å². The molecule has 9 heteroatoms. The van der Waals surface area contributed by atoms with Gasteiger partial charge >= 0.3 is 0 Å². The number of benzene rings is 1. The lowest BCUT2D eigenvalue weighted by molar-refractivity contribution is 0.0933. The topological polar surface area (TPSA) is 104 Å². The lowest BCUT2D eigenvalue weighted by atomic mass is 10.1. The van der Waals surface area contributed by atoms with Crippen molar-refractivity contribution in [2.45, 2.75) is 33.4 Å². The minimum absolute atomic E-state index is 0.0371. The Balaban J connectivity index is 0.00000145. The molecule has 29 heavy (non-hydrogen) atoms. The van der Waals surface area contributed by atoms with E-state index in [4.69, 9.17) is 17.3 Å². The van der Waals surface area contributed by atoms with Gasteiger partial charge in [0.05, 0.1) is 28.2 Å². The number of nitrogens with one attached hydrogen (secondary N) is 2. The van der Waals surface area contributed by atoms with E-state index in [-0.39, 0.29) is 24.1 Å². The van der Waals surface area contributed by atoms with E-state index < -0.39 is 11.9 Å². The summed E-state index contributed by atoms with van der Waals surface area (Å²) in [6.45, 7) is 5.86. The highest BCUT2D eigenvalue weighted by Crippen LogP contribution is 2.25. The maximum Gasteiger partial charge on any atom is 0.268 e. The summed E-state index contributed by atoms with van der Waals surface area (Å²) in [5.41, 5.74) is 7.99. The van der Waals surface area contributed by atoms with Crippen molar-refractivity contribution in [1.29, 1.82) is 0 Å². The summed E-state index contributed by atoms with van der Waals surface area (Å²) >= 11 is 7.01. The number of aromatic amines is 1. The van der Waals surface area contributed by atoms with Gasteiger partial charge in [-0.2, -0.15) is 0 Å². The molecule has 0 aliphatic rings. The molecule has 0 radical (unpaired) electrons. The SMILES string of the molecule is CC.Cc1nc(C(CN)NC(=O)c2ccc(-c3ccc(Cl)c(F)c3)[nH]2)sc1CO. The van der Waals surface area contributed by atoms with E-state index in [2.05, 4.69) is 15.3 Å². The van der Waals surface area contributed by atoms with Gasteiger partial charge in [-0.3, -0.25) is 4.79 Å². The number of hydrogen-bond acceptors (Lipinski definition) is 5. The average molecular weight is 439 g/mol. The molecule has 1 atom stereocenters. The third-order valence-corrected chi connectivity index (χ3v) is 5.62. The number of nitrogens with two attached hydrogens (primary N) is 1. The Labute approximate surface area is 177 Å². The minimum Gasteiger partial charge on any atom is -0.391 e. The molecule has 0 aliphatic heterocycles. The van der Waals surface area contributed by atoms with Crippen molar-refractivity contribution in [2.24, 2.45) is 5.73 Å². The highest BCUT2D eigenvalue weighted by atomic mass is 35.5. The summed E-state index contributed by atoms with van der Waals surface area (Å²) in [6, 6.07) is 7.25. The Bertz CT molecular complexity index is 973. The summed E-state index contributed by atoms with van der Waals surface area (Å²) < 4.78 is 13.6. The van der Waals surface area contributed by atoms with Crippen LogP contribution in [0, 0.1) is 12.7 Å². The molecule has 156 valence electrons. The van der Waals surface area contributed by atoms with Gasteiger partial charge < -0.3 is 21.1 Å². The van der Waals surface area contributed by atoms with E-state index in [1.54, 1.807) is 25.1 Å². The van der Waals surface area contributed by atoms with Crippen LogP contribution in [0.1, 0.15) is 46.0 Å². The van der Waals surface area contributed by atoms with Gasteiger partial charge in [0.1, 0.15) is 16.5 Å². The van der Waals surface area contributed by atoms with Crippen LogP contribution in [-0.2, 0) is 6.61 Å². The lowest BCUT2D eigenvalue weighted by Crippen LogP contribution is -2.33. The third-order valence-electron chi connectivity index (χ3n) is 4.05. The van der Waals surface area contributed by atoms with Crippen molar-refractivity contribution in [3.8, 4) is 11.3 Å². The molecule has 3 aromatic rings. The van der Waals surface area contributed by atoms with Gasteiger partial charge in [-0.15, -0.1) is 11.3 Å². The number of thiazole rings is 1. The number of aliphatic hydroxyl groups is 1. The third kappa shape index (κ3) is 5.42. The van der Waals surface area contributed by atoms with E-state index in [1.807, 2.05) is 13.8 Å². The second kappa shape index (κ2) is 10.5. The van der Waals surface area contributed by atoms with E-state index >= 15 is 0 Å². The molecule has 3 rings (SSSR count). The summed E-state index contributed by atoms with van der Waals surface area (Å²) in [5, 5.41) is 12.8. The molecule has 1 aromatic carbocycles. The van der Waals surface area contributed by atoms with Gasteiger partial charge in [0, 0.05) is 17.8 Å². The molecule has 0 saturated carbocycles. The molecule has 1 amide bonds. The number of nitrogens with zero attached hydrogens (tertiary/aromatic N) is 1. The average Bonchev–Trinajstić information content (AvgIpc) is 3.36. The monoisotopic (exact) mass is 438 g/mol. The first-order valence-corrected chi connectivity index (χ1v) is 10.3. The first kappa shape index (κ1) is 23.0. The molecule has 2 heterocycles. The van der Waals surface area contributed by atoms with Gasteiger partial charge in [-0.1, -0.05) is 31.5 Å². The van der Waals surface area contributed by atoms with Crippen LogP contribution < -0.4 is 11.1 Å². The van der Waals surface area contributed by atoms with Gasteiger partial charge in [-0.05, 0) is 31.2 Å². The minimum atomic E-state index is -0.531. The Morgan fingerprint density at radius 1 is 1.38 bits per heavy atom. The van der Waals surface area contributed by atoms with Gasteiger partial charge in [0.25, 0.3) is 5.91 Å². The predicted octanol–water partition coefficient (Wildman–Crippen LogP) is 4.19. The van der Waals surface area contributed by atoms with Crippen LogP contribution in [-0.4, -0.2) is 27.5 Å². The Hall–Kier alpha value is -2.26. The fraction of sp³-hybridized carbons (Fsp3) is 0.300. The first-order valence-electron chi connectivity index (χ1n) is 9.15. The van der Waals surface area contributed by atoms with Crippen molar-refractivity contribution in [3.05, 3.63) is 62.4 Å². The molecule has 5 N–H and O–H groups in total. The fourth-order valence-corrected chi connectivity index (χ4v) is 3.67. The van der Waals surface area contributed by atoms with E-state index in [0.717, 1.165) is 10.6 Å². The highest BCUT2D eigenvalue weighted by molar-refractivity contribution is 7.11. The Morgan fingerprint density at radius 3 is 2.69 bits per heavy atom. The molecule has 2 aromatic heterocycles. The number of carbonyl (C=O) groups is 1. The van der Waals surface area contributed by atoms with Crippen molar-refractivity contribution >= 4 is 28.8 Å². The van der Waals surface area contributed by atoms with Gasteiger partial charge in [-0.25, -0.2) is 9.37 Å². The molecular weight excluding hydrogens is 415 g/mol. The van der Waals surface area contributed by atoms with Crippen LogP contribution in [0.5, 0.6) is 0 Å². The molecule has 0 bridgehead atoms. The second-order valence-corrected chi connectivity index (χ2v) is 7.42. The fourth-order valence-electron chi connectivity index (χ4n) is 2.56. The molecular formula is C20H24ClFN4O2S. The highest BCUT2D eigenvalue weighted by Gasteiger charge is 2.20. The summed E-state index contributed by atoms with van der Waals surface area (Å²) in [6.07, 6.45) is 0. The molecule has 0 fully saturated rings. The van der Waals surface area contributed by atoms with Gasteiger partial charge in [0.15, 0.2) is 0 Å². The number of amides is 1. The smallest absolute Gasteiger partial charge is 0.268 e. The number of carbonyl (C=O) groups excluding carboxylic acids is 1. The first-order chi connectivity index (χ1) is 13.9. The van der Waals surface area contributed by atoms with Crippen LogP contribution in [0.4, 0.5) is 4.39 Å². The number of aromatic nitrogens is 2. The molecule has 6 nitrogen and oxygen atoms in total. The van der Waals surface area contributed by atoms with E-state index in [0.29, 0.717) is 22.0 Å². The summed E-state index contributed by atoms with van der Waals surface area (Å²) in [5.74, 6) is -0.888. The zero-order valence-electron chi connectivity index (χ0n) is 16.4. The zero-order valence-corrected chi connectivity index (χ0v) is 18.0. The molecule has 0 aliphatic carbocycles. The van der Waals surface area contributed by atoms with Crippen LogP contribution in [0.25, 0.3) is 11.3 Å². The second-order valence-electron chi connectivity index (χ2n) is 5.90. The normalized spacial score (nSPS) is 11.6. The van der Waals surface area contributed by atoms with Crippen LogP contribution in [0.15, 0.2) is 30.3 Å². The van der Waals surface area contributed by atoms with Crippen LogP contribution in [0.3, 0.4) is 0 Å². The van der Waals surface area contributed by atoms with Gasteiger partial charge in [0.2, 0.25) is 0 Å². The maximum atomic E-state index is 13.6. The van der Waals surface area contributed by atoms with Crippen molar-refractivity contribution in [1.82, 2.24) is 15.3 Å². The standard InChI is InChI=1S/C18H18ClFN4O2S.C2H6/c1-9-16(8-25)27-18(22-9)15(7-21)24-17(26)14-5-4-13(23-14)10-2-3-11(19)12(20)6-10;1-2/h2-6,15,23,25H,7-8,21H2,1H3,(H,24,26);1-2H3. The summed E-state index contributed by atoms with van der Waals surface area (Å²) in [4.78, 5) is 20.6. The lowest BCUT2D eigenvalue weighted by Gasteiger charge is -2.13. The number of halogens is 2. The largest absolute Gasteiger partial charge is 0.391 e. The number of hydrogen-bond donors (Lipinski definition) is 4. The zero-order chi connectivity index (χ0) is 21.6. The number of H-pyrrole nitrogens is 1. The maximum absolute atomic E-state index is 13.6. The quantitative estimate of drug-likeness (QED) is 0.463. The number of aliphatic hydroxyl groups excluding tert-OH is 1. The van der Waals surface area contributed by atoms with E-state index in [9.17, 15) is 14.3 Å². The summed E-state index contributed by atoms with van der Waals surface area (Å²) in [7, 11) is 0. The molecule has 0 spiro atoms. The van der Waals surface area contributed by atoms with E-state index in [1.165, 1.54) is 23.5 Å². The Morgan fingerprint density at radius 2 is 2.10 bits per heavy atom.